The zero-order chi connectivity index (χ0) is 15.5. The second-order valence-electron chi connectivity index (χ2n) is 4.89. The maximum atomic E-state index is 12.9. The Labute approximate surface area is 128 Å². The lowest BCUT2D eigenvalue weighted by Gasteiger charge is -2.08. The highest BCUT2D eigenvalue weighted by atomic mass is 32.2. The number of nitrogens with one attached hydrogen (secondary N) is 1. The van der Waals surface area contributed by atoms with Crippen LogP contribution >= 0.6 is 11.3 Å². The van der Waals surface area contributed by atoms with Gasteiger partial charge in [-0.25, -0.2) is 22.5 Å². The van der Waals surface area contributed by atoms with Crippen LogP contribution in [0.1, 0.15) is 19.5 Å². The van der Waals surface area contributed by atoms with E-state index in [1.165, 1.54) is 23.5 Å². The first-order valence-corrected chi connectivity index (χ1v) is 9.00. The first-order chi connectivity index (χ1) is 9.88. The van der Waals surface area contributed by atoms with Crippen LogP contribution in [-0.4, -0.2) is 25.2 Å². The quantitative estimate of drug-likeness (QED) is 0.887. The highest BCUT2D eigenvalue weighted by molar-refractivity contribution is 7.90. The van der Waals surface area contributed by atoms with Crippen molar-refractivity contribution in [3.05, 3.63) is 41.2 Å². The summed E-state index contributed by atoms with van der Waals surface area (Å²) in [5, 5.41) is 2.25. The lowest BCUT2D eigenvalue weighted by molar-refractivity contribution is 0.572. The average Bonchev–Trinajstić information content (AvgIpc) is 2.88. The fraction of sp³-hybridized carbons (Fsp3) is 0.357. The van der Waals surface area contributed by atoms with Gasteiger partial charge in [-0.15, -0.1) is 11.3 Å². The van der Waals surface area contributed by atoms with Gasteiger partial charge in [-0.3, -0.25) is 0 Å². The van der Waals surface area contributed by atoms with Gasteiger partial charge in [0.2, 0.25) is 10.0 Å². The van der Waals surface area contributed by atoms with Crippen LogP contribution in [0.5, 0.6) is 0 Å². The summed E-state index contributed by atoms with van der Waals surface area (Å²) in [6, 6.07) is 6.15. The zero-order valence-electron chi connectivity index (χ0n) is 11.8. The van der Waals surface area contributed by atoms with Gasteiger partial charge in [0.05, 0.1) is 10.9 Å². The maximum Gasteiger partial charge on any atom is 0.213 e. The summed E-state index contributed by atoms with van der Waals surface area (Å²) in [6.07, 6.45) is 0.531. The molecular weight excluding hydrogens is 311 g/mol. The Morgan fingerprint density at radius 3 is 2.57 bits per heavy atom. The van der Waals surface area contributed by atoms with Crippen molar-refractivity contribution in [1.29, 1.82) is 0 Å². The summed E-state index contributed by atoms with van der Waals surface area (Å²) < 4.78 is 38.6. The van der Waals surface area contributed by atoms with Crippen LogP contribution in [0.2, 0.25) is 0 Å². The molecule has 0 bridgehead atoms. The molecule has 2 rings (SSSR count). The number of hydrogen-bond acceptors (Lipinski definition) is 4. The smallest absolute Gasteiger partial charge is 0.213 e. The minimum absolute atomic E-state index is 0.279. The van der Waals surface area contributed by atoms with Crippen LogP contribution < -0.4 is 4.72 Å². The molecule has 1 aromatic heterocycles. The molecule has 0 aliphatic heterocycles. The van der Waals surface area contributed by atoms with Gasteiger partial charge in [-0.2, -0.15) is 0 Å². The molecule has 0 amide bonds. The molecule has 21 heavy (non-hydrogen) atoms. The summed E-state index contributed by atoms with van der Waals surface area (Å²) in [4.78, 5) is 4.44. The van der Waals surface area contributed by atoms with E-state index in [1.54, 1.807) is 26.0 Å². The molecule has 0 saturated carbocycles. The topological polar surface area (TPSA) is 59.1 Å². The Kier molecular flexibility index (Phi) is 5.08. The monoisotopic (exact) mass is 328 g/mol. The number of aromatic nitrogens is 1. The molecule has 7 heteroatoms. The van der Waals surface area contributed by atoms with Gasteiger partial charge >= 0.3 is 0 Å². The maximum absolute atomic E-state index is 12.9. The van der Waals surface area contributed by atoms with E-state index in [2.05, 4.69) is 9.71 Å². The molecule has 1 aromatic carbocycles. The number of sulfonamides is 1. The van der Waals surface area contributed by atoms with Crippen molar-refractivity contribution in [3.63, 3.8) is 0 Å². The van der Waals surface area contributed by atoms with Crippen LogP contribution in [-0.2, 0) is 16.4 Å². The van der Waals surface area contributed by atoms with Crippen LogP contribution in [0.25, 0.3) is 10.6 Å². The molecular formula is C14H17FN2O2S2. The summed E-state index contributed by atoms with van der Waals surface area (Å²) >= 11 is 1.46. The Balaban J connectivity index is 1.96. The summed E-state index contributed by atoms with van der Waals surface area (Å²) in [5.41, 5.74) is 1.68. The summed E-state index contributed by atoms with van der Waals surface area (Å²) in [6.45, 7) is 3.60. The average molecular weight is 328 g/mol. The van der Waals surface area contributed by atoms with Crippen molar-refractivity contribution >= 4 is 21.4 Å². The normalized spacial score (nSPS) is 12.0. The van der Waals surface area contributed by atoms with Gasteiger partial charge in [-0.05, 0) is 38.1 Å². The Hall–Kier alpha value is -1.31. The SMILES string of the molecule is CC(C)S(=O)(=O)NCCc1csc(-c2ccc(F)cc2)n1. The lowest BCUT2D eigenvalue weighted by atomic mass is 10.2. The Bertz CT molecular complexity index is 694. The molecule has 0 spiro atoms. The number of hydrogen-bond donors (Lipinski definition) is 1. The lowest BCUT2D eigenvalue weighted by Crippen LogP contribution is -2.32. The van der Waals surface area contributed by atoms with Crippen molar-refractivity contribution in [1.82, 2.24) is 9.71 Å². The van der Waals surface area contributed by atoms with Crippen LogP contribution in [0, 0.1) is 5.82 Å². The predicted molar refractivity (Wildman–Crippen MR) is 83.3 cm³/mol. The summed E-state index contributed by atoms with van der Waals surface area (Å²) in [7, 11) is -3.23. The fourth-order valence-electron chi connectivity index (χ4n) is 1.63. The molecule has 0 atom stereocenters. The standard InChI is InChI=1S/C14H17FN2O2S2/c1-10(2)21(18,19)16-8-7-13-9-20-14(17-13)11-3-5-12(15)6-4-11/h3-6,9-10,16H,7-8H2,1-2H3. The minimum atomic E-state index is -3.23. The molecule has 0 radical (unpaired) electrons. The van der Waals surface area contributed by atoms with Gasteiger partial charge < -0.3 is 0 Å². The van der Waals surface area contributed by atoms with Gasteiger partial charge in [-0.1, -0.05) is 0 Å². The van der Waals surface area contributed by atoms with Gasteiger partial charge in [0.25, 0.3) is 0 Å². The van der Waals surface area contributed by atoms with E-state index in [9.17, 15) is 12.8 Å². The van der Waals surface area contributed by atoms with Crippen LogP contribution in [0.15, 0.2) is 29.6 Å². The number of nitrogens with zero attached hydrogens (tertiary/aromatic N) is 1. The van der Waals surface area contributed by atoms with Gasteiger partial charge in [0, 0.05) is 23.9 Å². The molecule has 4 nitrogen and oxygen atoms in total. The zero-order valence-corrected chi connectivity index (χ0v) is 13.5. The molecule has 0 fully saturated rings. The first-order valence-electron chi connectivity index (χ1n) is 6.57. The highest BCUT2D eigenvalue weighted by Gasteiger charge is 2.14. The van der Waals surface area contributed by atoms with Gasteiger partial charge in [0.1, 0.15) is 10.8 Å². The number of thiazole rings is 1. The van der Waals surface area contributed by atoms with E-state index in [4.69, 9.17) is 0 Å². The minimum Gasteiger partial charge on any atom is -0.241 e. The molecule has 0 aliphatic carbocycles. The van der Waals surface area contributed by atoms with Gasteiger partial charge in [0.15, 0.2) is 0 Å². The fourth-order valence-corrected chi connectivity index (χ4v) is 3.22. The summed E-state index contributed by atoms with van der Waals surface area (Å²) in [5.74, 6) is -0.279. The molecule has 0 saturated heterocycles. The third kappa shape index (κ3) is 4.33. The third-order valence-corrected chi connectivity index (χ3v) is 5.74. The van der Waals surface area contributed by atoms with Crippen LogP contribution in [0.3, 0.4) is 0 Å². The van der Waals surface area contributed by atoms with Crippen molar-refractivity contribution < 1.29 is 12.8 Å². The van der Waals surface area contributed by atoms with E-state index >= 15 is 0 Å². The molecule has 1 N–H and O–H groups in total. The van der Waals surface area contributed by atoms with E-state index in [-0.39, 0.29) is 5.82 Å². The van der Waals surface area contributed by atoms with Crippen molar-refractivity contribution in [2.24, 2.45) is 0 Å². The third-order valence-electron chi connectivity index (χ3n) is 2.95. The number of benzene rings is 1. The van der Waals surface area contributed by atoms with Crippen LogP contribution in [0.4, 0.5) is 4.39 Å². The van der Waals surface area contributed by atoms with Crippen molar-refractivity contribution in [3.8, 4) is 10.6 Å². The molecule has 1 heterocycles. The Morgan fingerprint density at radius 2 is 1.95 bits per heavy atom. The molecule has 0 unspecified atom stereocenters. The second kappa shape index (κ2) is 6.64. The highest BCUT2D eigenvalue weighted by Crippen LogP contribution is 2.23. The molecule has 2 aromatic rings. The number of halogens is 1. The predicted octanol–water partition coefficient (Wildman–Crippen LogP) is 2.82. The van der Waals surface area contributed by atoms with Crippen molar-refractivity contribution in [2.75, 3.05) is 6.54 Å². The molecule has 114 valence electrons. The van der Waals surface area contributed by atoms with E-state index in [0.717, 1.165) is 16.3 Å². The van der Waals surface area contributed by atoms with E-state index in [0.29, 0.717) is 13.0 Å². The largest absolute Gasteiger partial charge is 0.241 e. The Morgan fingerprint density at radius 1 is 1.29 bits per heavy atom. The number of rotatable bonds is 6. The van der Waals surface area contributed by atoms with E-state index < -0.39 is 15.3 Å². The van der Waals surface area contributed by atoms with Crippen molar-refractivity contribution in [2.45, 2.75) is 25.5 Å². The molecule has 0 aliphatic rings. The second-order valence-corrected chi connectivity index (χ2v) is 8.07. The first kappa shape index (κ1) is 16.1. The van der Waals surface area contributed by atoms with E-state index in [1.807, 2.05) is 5.38 Å².